The van der Waals surface area contributed by atoms with Crippen molar-refractivity contribution in [1.29, 1.82) is 0 Å². The van der Waals surface area contributed by atoms with Crippen LogP contribution in [0.4, 0.5) is 10.5 Å². The SMILES string of the molecule is CC(C)c1ccc(NC(=O)N2CCCCCN2)cc1. The third-order valence-electron chi connectivity index (χ3n) is 3.43. The molecular weight excluding hydrogens is 238 g/mol. The smallest absolute Gasteiger partial charge is 0.307 e. The Kier molecular flexibility index (Phi) is 4.80. The first-order valence-corrected chi connectivity index (χ1v) is 7.09. The van der Waals surface area contributed by atoms with Gasteiger partial charge < -0.3 is 5.32 Å². The standard InChI is InChI=1S/C15H23N3O/c1-12(2)13-6-8-14(9-7-13)17-15(19)18-11-5-3-4-10-16-18/h6-9,12,16H,3-5,10-11H2,1-2H3,(H,17,19). The van der Waals surface area contributed by atoms with Crippen molar-refractivity contribution >= 4 is 11.7 Å². The van der Waals surface area contributed by atoms with Crippen LogP contribution < -0.4 is 10.7 Å². The number of hydrogen-bond donors (Lipinski definition) is 2. The molecule has 0 spiro atoms. The van der Waals surface area contributed by atoms with Gasteiger partial charge in [0.05, 0.1) is 0 Å². The maximum atomic E-state index is 12.1. The van der Waals surface area contributed by atoms with Gasteiger partial charge in [-0.2, -0.15) is 0 Å². The minimum Gasteiger partial charge on any atom is -0.307 e. The van der Waals surface area contributed by atoms with Crippen LogP contribution >= 0.6 is 0 Å². The van der Waals surface area contributed by atoms with E-state index in [4.69, 9.17) is 0 Å². The second-order valence-corrected chi connectivity index (χ2v) is 5.33. The Morgan fingerprint density at radius 1 is 1.21 bits per heavy atom. The number of nitrogens with one attached hydrogen (secondary N) is 2. The van der Waals surface area contributed by atoms with Crippen molar-refractivity contribution in [1.82, 2.24) is 10.4 Å². The zero-order valence-corrected chi connectivity index (χ0v) is 11.8. The van der Waals surface area contributed by atoms with E-state index in [2.05, 4.69) is 36.7 Å². The van der Waals surface area contributed by atoms with E-state index in [9.17, 15) is 4.79 Å². The molecule has 1 saturated heterocycles. The summed E-state index contributed by atoms with van der Waals surface area (Å²) in [6.45, 7) is 5.97. The van der Waals surface area contributed by atoms with Gasteiger partial charge in [-0.25, -0.2) is 10.2 Å². The van der Waals surface area contributed by atoms with Gasteiger partial charge in [0, 0.05) is 18.8 Å². The van der Waals surface area contributed by atoms with E-state index >= 15 is 0 Å². The summed E-state index contributed by atoms with van der Waals surface area (Å²) in [4.78, 5) is 12.1. The highest BCUT2D eigenvalue weighted by atomic mass is 16.2. The van der Waals surface area contributed by atoms with Crippen LogP contribution in [-0.4, -0.2) is 24.1 Å². The number of carbonyl (C=O) groups is 1. The van der Waals surface area contributed by atoms with Crippen LogP contribution in [0.15, 0.2) is 24.3 Å². The average Bonchev–Trinajstić information content (AvgIpc) is 2.68. The summed E-state index contributed by atoms with van der Waals surface area (Å²) in [5, 5.41) is 4.61. The Morgan fingerprint density at radius 3 is 2.63 bits per heavy atom. The Labute approximate surface area is 115 Å². The van der Waals surface area contributed by atoms with Gasteiger partial charge in [0.1, 0.15) is 0 Å². The van der Waals surface area contributed by atoms with Crippen LogP contribution in [-0.2, 0) is 0 Å². The van der Waals surface area contributed by atoms with Gasteiger partial charge in [0.15, 0.2) is 0 Å². The highest BCUT2D eigenvalue weighted by Crippen LogP contribution is 2.17. The van der Waals surface area contributed by atoms with E-state index in [0.29, 0.717) is 5.92 Å². The predicted molar refractivity (Wildman–Crippen MR) is 78.1 cm³/mol. The maximum absolute atomic E-state index is 12.1. The molecule has 1 aliphatic heterocycles. The van der Waals surface area contributed by atoms with Crippen LogP contribution in [0, 0.1) is 0 Å². The molecule has 2 rings (SSSR count). The minimum absolute atomic E-state index is 0.0702. The summed E-state index contributed by atoms with van der Waals surface area (Å²) >= 11 is 0. The van der Waals surface area contributed by atoms with Crippen molar-refractivity contribution in [3.8, 4) is 0 Å². The normalized spacial score (nSPS) is 16.3. The number of hydrogen-bond acceptors (Lipinski definition) is 2. The summed E-state index contributed by atoms with van der Waals surface area (Å²) in [6.07, 6.45) is 3.37. The molecule has 4 heteroatoms. The van der Waals surface area contributed by atoms with Crippen molar-refractivity contribution in [3.63, 3.8) is 0 Å². The molecule has 0 aliphatic carbocycles. The second kappa shape index (κ2) is 6.57. The fourth-order valence-electron chi connectivity index (χ4n) is 2.18. The van der Waals surface area contributed by atoms with Crippen LogP contribution in [0.5, 0.6) is 0 Å². The highest BCUT2D eigenvalue weighted by molar-refractivity contribution is 5.89. The topological polar surface area (TPSA) is 44.4 Å². The first kappa shape index (κ1) is 13.9. The van der Waals surface area contributed by atoms with E-state index in [1.54, 1.807) is 5.01 Å². The third kappa shape index (κ3) is 3.96. The van der Waals surface area contributed by atoms with Gasteiger partial charge in [-0.3, -0.25) is 5.01 Å². The van der Waals surface area contributed by atoms with Gasteiger partial charge in [-0.15, -0.1) is 0 Å². The summed E-state index contributed by atoms with van der Waals surface area (Å²) in [5.41, 5.74) is 5.28. The van der Waals surface area contributed by atoms with E-state index in [1.165, 1.54) is 12.0 Å². The Morgan fingerprint density at radius 2 is 1.95 bits per heavy atom. The molecule has 2 amide bonds. The van der Waals surface area contributed by atoms with E-state index < -0.39 is 0 Å². The largest absolute Gasteiger partial charge is 0.336 e. The van der Waals surface area contributed by atoms with Crippen molar-refractivity contribution in [2.45, 2.75) is 39.0 Å². The number of anilines is 1. The molecule has 0 saturated carbocycles. The molecule has 0 atom stereocenters. The lowest BCUT2D eigenvalue weighted by atomic mass is 10.0. The van der Waals surface area contributed by atoms with E-state index in [-0.39, 0.29) is 6.03 Å². The van der Waals surface area contributed by atoms with Crippen molar-refractivity contribution in [2.24, 2.45) is 0 Å². The second-order valence-electron chi connectivity index (χ2n) is 5.33. The molecule has 1 aromatic rings. The Bertz CT molecular complexity index is 406. The summed E-state index contributed by atoms with van der Waals surface area (Å²) < 4.78 is 0. The number of amides is 2. The molecule has 0 aromatic heterocycles. The molecule has 1 heterocycles. The monoisotopic (exact) mass is 261 g/mol. The molecule has 104 valence electrons. The molecule has 2 N–H and O–H groups in total. The Hall–Kier alpha value is -1.55. The van der Waals surface area contributed by atoms with Crippen molar-refractivity contribution < 1.29 is 4.79 Å². The van der Waals surface area contributed by atoms with Crippen LogP contribution in [0.25, 0.3) is 0 Å². The Balaban J connectivity index is 1.94. The molecular formula is C15H23N3O. The number of rotatable bonds is 2. The molecule has 4 nitrogen and oxygen atoms in total. The number of nitrogens with zero attached hydrogens (tertiary/aromatic N) is 1. The average molecular weight is 261 g/mol. The van der Waals surface area contributed by atoms with E-state index in [1.807, 2.05) is 12.1 Å². The lowest BCUT2D eigenvalue weighted by Gasteiger charge is -2.21. The van der Waals surface area contributed by atoms with Crippen LogP contribution in [0.2, 0.25) is 0 Å². The molecule has 1 fully saturated rings. The lowest BCUT2D eigenvalue weighted by molar-refractivity contribution is 0.189. The molecule has 19 heavy (non-hydrogen) atoms. The molecule has 0 unspecified atom stereocenters. The zero-order chi connectivity index (χ0) is 13.7. The summed E-state index contributed by atoms with van der Waals surface area (Å²) in [5.74, 6) is 0.511. The quantitative estimate of drug-likeness (QED) is 0.857. The summed E-state index contributed by atoms with van der Waals surface area (Å²) in [7, 11) is 0. The number of carbonyl (C=O) groups excluding carboxylic acids is 1. The fraction of sp³-hybridized carbons (Fsp3) is 0.533. The molecule has 0 radical (unpaired) electrons. The first-order valence-electron chi connectivity index (χ1n) is 7.09. The number of benzene rings is 1. The van der Waals surface area contributed by atoms with Gasteiger partial charge in [-0.05, 0) is 36.5 Å². The lowest BCUT2D eigenvalue weighted by Crippen LogP contribution is -2.44. The zero-order valence-electron chi connectivity index (χ0n) is 11.8. The number of hydrazine groups is 1. The van der Waals surface area contributed by atoms with Gasteiger partial charge in [-0.1, -0.05) is 32.4 Å². The third-order valence-corrected chi connectivity index (χ3v) is 3.43. The molecule has 1 aromatic carbocycles. The number of urea groups is 1. The van der Waals surface area contributed by atoms with Crippen molar-refractivity contribution in [3.05, 3.63) is 29.8 Å². The maximum Gasteiger partial charge on any atom is 0.336 e. The predicted octanol–water partition coefficient (Wildman–Crippen LogP) is 3.33. The molecule has 1 aliphatic rings. The minimum atomic E-state index is -0.0702. The highest BCUT2D eigenvalue weighted by Gasteiger charge is 2.15. The summed E-state index contributed by atoms with van der Waals surface area (Å²) in [6, 6.07) is 7.99. The van der Waals surface area contributed by atoms with Crippen LogP contribution in [0.3, 0.4) is 0 Å². The van der Waals surface area contributed by atoms with Gasteiger partial charge in [0.2, 0.25) is 0 Å². The van der Waals surface area contributed by atoms with Gasteiger partial charge in [0.25, 0.3) is 0 Å². The van der Waals surface area contributed by atoms with E-state index in [0.717, 1.165) is 31.6 Å². The molecule has 0 bridgehead atoms. The van der Waals surface area contributed by atoms with Crippen molar-refractivity contribution in [2.75, 3.05) is 18.4 Å². The van der Waals surface area contributed by atoms with Gasteiger partial charge >= 0.3 is 6.03 Å². The van der Waals surface area contributed by atoms with Crippen LogP contribution in [0.1, 0.15) is 44.6 Å². The first-order chi connectivity index (χ1) is 9.16. The fourth-order valence-corrected chi connectivity index (χ4v) is 2.18.